The summed E-state index contributed by atoms with van der Waals surface area (Å²) in [6, 6.07) is 1.99. The normalized spacial score (nSPS) is 11.5. The number of nitrogens with two attached hydrogens (primary N) is 1. The minimum absolute atomic E-state index is 0.00981. The molecule has 7 nitrogen and oxygen atoms in total. The smallest absolute Gasteiger partial charge is 0.241 e. The van der Waals surface area contributed by atoms with Crippen LogP contribution < -0.4 is 15.2 Å². The molecule has 108 valence electrons. The number of halogens is 1. The molecule has 0 spiro atoms. The number of sulfonamides is 1. The van der Waals surface area contributed by atoms with Crippen LogP contribution in [0.15, 0.2) is 29.6 Å². The molecule has 4 N–H and O–H groups in total. The molecule has 0 aliphatic carbocycles. The number of hydrogen-bond acceptors (Lipinski definition) is 5. The Labute approximate surface area is 115 Å². The SMILES string of the molecule is COc1c(N)cc(S(=O)(=O)NCc2cnc[nH]2)cc1F. The van der Waals surface area contributed by atoms with Gasteiger partial charge in [0.2, 0.25) is 10.0 Å². The van der Waals surface area contributed by atoms with Gasteiger partial charge in [-0.1, -0.05) is 0 Å². The third-order valence-corrected chi connectivity index (χ3v) is 3.95. The van der Waals surface area contributed by atoms with E-state index < -0.39 is 15.8 Å². The molecule has 0 bridgehead atoms. The Hall–Kier alpha value is -2.13. The number of benzene rings is 1. The highest BCUT2D eigenvalue weighted by Crippen LogP contribution is 2.28. The van der Waals surface area contributed by atoms with Crippen LogP contribution in [0.2, 0.25) is 0 Å². The van der Waals surface area contributed by atoms with Gasteiger partial charge >= 0.3 is 0 Å². The van der Waals surface area contributed by atoms with Crippen LogP contribution in [-0.4, -0.2) is 25.5 Å². The van der Waals surface area contributed by atoms with Crippen molar-refractivity contribution in [3.63, 3.8) is 0 Å². The second-order valence-electron chi connectivity index (χ2n) is 3.93. The van der Waals surface area contributed by atoms with Crippen molar-refractivity contribution < 1.29 is 17.5 Å². The van der Waals surface area contributed by atoms with Crippen LogP contribution in [0.25, 0.3) is 0 Å². The zero-order chi connectivity index (χ0) is 14.8. The van der Waals surface area contributed by atoms with E-state index in [2.05, 4.69) is 14.7 Å². The summed E-state index contributed by atoms with van der Waals surface area (Å²) in [6.45, 7) is 0.00981. The zero-order valence-corrected chi connectivity index (χ0v) is 11.4. The van der Waals surface area contributed by atoms with Crippen LogP contribution >= 0.6 is 0 Å². The highest BCUT2D eigenvalue weighted by molar-refractivity contribution is 7.89. The molecule has 0 fully saturated rings. The summed E-state index contributed by atoms with van der Waals surface area (Å²) in [5.74, 6) is -1.02. The number of hydrogen-bond donors (Lipinski definition) is 3. The van der Waals surface area contributed by atoms with E-state index in [0.29, 0.717) is 5.69 Å². The predicted octanol–water partition coefficient (Wildman–Crippen LogP) is 0.618. The van der Waals surface area contributed by atoms with Crippen LogP contribution in [0.5, 0.6) is 5.75 Å². The first-order valence-electron chi connectivity index (χ1n) is 5.54. The number of aromatic nitrogens is 2. The highest BCUT2D eigenvalue weighted by atomic mass is 32.2. The lowest BCUT2D eigenvalue weighted by Gasteiger charge is -2.10. The van der Waals surface area contributed by atoms with Crippen molar-refractivity contribution in [2.24, 2.45) is 0 Å². The van der Waals surface area contributed by atoms with Gasteiger partial charge in [-0.05, 0) is 12.1 Å². The molecular weight excluding hydrogens is 287 g/mol. The average molecular weight is 300 g/mol. The molecule has 0 atom stereocenters. The summed E-state index contributed by atoms with van der Waals surface area (Å²) in [6.07, 6.45) is 2.90. The standard InChI is InChI=1S/C11H13FN4O3S/c1-19-11-9(12)2-8(3-10(11)13)20(17,18)16-5-7-4-14-6-15-7/h2-4,6,16H,5,13H2,1H3,(H,14,15). The third kappa shape index (κ3) is 2.89. The number of rotatable bonds is 5. The van der Waals surface area contributed by atoms with Crippen LogP contribution in [-0.2, 0) is 16.6 Å². The maximum Gasteiger partial charge on any atom is 0.241 e. The van der Waals surface area contributed by atoms with E-state index in [4.69, 9.17) is 10.5 Å². The Kier molecular flexibility index (Phi) is 3.91. The molecule has 0 radical (unpaired) electrons. The number of nitrogen functional groups attached to an aromatic ring is 1. The maximum absolute atomic E-state index is 13.6. The van der Waals surface area contributed by atoms with Gasteiger partial charge in [0.25, 0.3) is 0 Å². The van der Waals surface area contributed by atoms with E-state index in [1.54, 1.807) is 0 Å². The topological polar surface area (TPSA) is 110 Å². The molecule has 1 aromatic heterocycles. The van der Waals surface area contributed by atoms with Crippen LogP contribution in [0.1, 0.15) is 5.69 Å². The summed E-state index contributed by atoms with van der Waals surface area (Å²) < 4.78 is 44.7. The fourth-order valence-electron chi connectivity index (χ4n) is 1.60. The Bertz CT molecular complexity index is 677. The van der Waals surface area contributed by atoms with E-state index in [1.807, 2.05) is 0 Å². The summed E-state index contributed by atoms with van der Waals surface area (Å²) in [5, 5.41) is 0. The lowest BCUT2D eigenvalue weighted by Crippen LogP contribution is -2.23. The molecule has 1 heterocycles. The van der Waals surface area contributed by atoms with Gasteiger partial charge in [-0.2, -0.15) is 0 Å². The first kappa shape index (κ1) is 14.3. The molecule has 2 rings (SSSR count). The van der Waals surface area contributed by atoms with Crippen molar-refractivity contribution in [3.05, 3.63) is 36.2 Å². The molecule has 0 aliphatic rings. The summed E-state index contributed by atoms with van der Waals surface area (Å²) in [5.41, 5.74) is 6.04. The van der Waals surface area contributed by atoms with E-state index >= 15 is 0 Å². The number of nitrogens with one attached hydrogen (secondary N) is 2. The average Bonchev–Trinajstić information content (AvgIpc) is 2.89. The molecule has 0 saturated heterocycles. The minimum Gasteiger partial charge on any atom is -0.492 e. The fraction of sp³-hybridized carbons (Fsp3) is 0.182. The van der Waals surface area contributed by atoms with Gasteiger partial charge in [-0.15, -0.1) is 0 Å². The van der Waals surface area contributed by atoms with Crippen molar-refractivity contribution >= 4 is 15.7 Å². The van der Waals surface area contributed by atoms with Crippen LogP contribution in [0.4, 0.5) is 10.1 Å². The van der Waals surface area contributed by atoms with E-state index in [1.165, 1.54) is 19.6 Å². The number of aromatic amines is 1. The molecule has 0 amide bonds. The van der Waals surface area contributed by atoms with Crippen molar-refractivity contribution in [2.75, 3.05) is 12.8 Å². The van der Waals surface area contributed by atoms with Gasteiger partial charge < -0.3 is 15.5 Å². The first-order chi connectivity index (χ1) is 9.44. The van der Waals surface area contributed by atoms with Gasteiger partial charge in [0.15, 0.2) is 11.6 Å². The molecule has 2 aromatic rings. The van der Waals surface area contributed by atoms with Gasteiger partial charge in [0.05, 0.1) is 30.6 Å². The van der Waals surface area contributed by atoms with Crippen molar-refractivity contribution in [1.82, 2.24) is 14.7 Å². The van der Waals surface area contributed by atoms with Crippen LogP contribution in [0.3, 0.4) is 0 Å². The second kappa shape index (κ2) is 5.47. The number of methoxy groups -OCH3 is 1. The molecule has 9 heteroatoms. The van der Waals surface area contributed by atoms with Gasteiger partial charge in [0.1, 0.15) is 0 Å². The second-order valence-corrected chi connectivity index (χ2v) is 5.70. The number of anilines is 1. The van der Waals surface area contributed by atoms with Crippen molar-refractivity contribution in [2.45, 2.75) is 11.4 Å². The zero-order valence-electron chi connectivity index (χ0n) is 10.6. The lowest BCUT2D eigenvalue weighted by atomic mass is 10.3. The molecular formula is C11H13FN4O3S. The van der Waals surface area contributed by atoms with E-state index in [-0.39, 0.29) is 22.9 Å². The lowest BCUT2D eigenvalue weighted by molar-refractivity contribution is 0.388. The fourth-order valence-corrected chi connectivity index (χ4v) is 2.65. The largest absolute Gasteiger partial charge is 0.492 e. The summed E-state index contributed by atoms with van der Waals surface area (Å²) in [7, 11) is -2.63. The first-order valence-corrected chi connectivity index (χ1v) is 7.02. The molecule has 0 saturated carbocycles. The Morgan fingerprint density at radius 2 is 2.25 bits per heavy atom. The summed E-state index contributed by atoms with van der Waals surface area (Å²) >= 11 is 0. The predicted molar refractivity (Wildman–Crippen MR) is 70.0 cm³/mol. The number of imidazole rings is 1. The molecule has 1 aromatic carbocycles. The third-order valence-electron chi connectivity index (χ3n) is 2.57. The van der Waals surface area contributed by atoms with Crippen molar-refractivity contribution in [1.29, 1.82) is 0 Å². The number of H-pyrrole nitrogens is 1. The number of ether oxygens (including phenoxy) is 1. The van der Waals surface area contributed by atoms with E-state index in [9.17, 15) is 12.8 Å². The Balaban J connectivity index is 2.25. The molecule has 0 aliphatic heterocycles. The highest BCUT2D eigenvalue weighted by Gasteiger charge is 2.19. The minimum atomic E-state index is -3.88. The Morgan fingerprint density at radius 3 is 2.80 bits per heavy atom. The van der Waals surface area contributed by atoms with Gasteiger partial charge in [-0.25, -0.2) is 22.5 Å². The van der Waals surface area contributed by atoms with E-state index in [0.717, 1.165) is 12.1 Å². The van der Waals surface area contributed by atoms with Gasteiger partial charge in [-0.3, -0.25) is 0 Å². The number of nitrogens with zero attached hydrogens (tertiary/aromatic N) is 1. The molecule has 20 heavy (non-hydrogen) atoms. The molecule has 0 unspecified atom stereocenters. The Morgan fingerprint density at radius 1 is 1.50 bits per heavy atom. The van der Waals surface area contributed by atoms with Crippen molar-refractivity contribution in [3.8, 4) is 5.75 Å². The quantitative estimate of drug-likeness (QED) is 0.701. The summed E-state index contributed by atoms with van der Waals surface area (Å²) in [4.78, 5) is 6.23. The monoisotopic (exact) mass is 300 g/mol. The van der Waals surface area contributed by atoms with Gasteiger partial charge in [0, 0.05) is 11.9 Å². The maximum atomic E-state index is 13.6. The van der Waals surface area contributed by atoms with Crippen LogP contribution in [0, 0.1) is 5.82 Å².